The lowest BCUT2D eigenvalue weighted by atomic mass is 10.4. The van der Waals surface area contributed by atoms with Gasteiger partial charge in [-0.05, 0) is 23.9 Å². The zero-order valence-corrected chi connectivity index (χ0v) is 6.93. The monoisotopic (exact) mass is 167 g/mol. The first kappa shape index (κ1) is 6.85. The molecule has 0 saturated carbocycles. The number of hydrogen-bond donors (Lipinski definition) is 0. The highest BCUT2D eigenvalue weighted by atomic mass is 32.1. The molecule has 1 aliphatic heterocycles. The summed E-state index contributed by atoms with van der Waals surface area (Å²) in [6.07, 6.45) is 1.73. The molecule has 1 saturated heterocycles. The van der Waals surface area contributed by atoms with Crippen LogP contribution >= 0.6 is 11.3 Å². The highest BCUT2D eigenvalue weighted by Gasteiger charge is 2.21. The molecular formula is C8H9NOS. The van der Waals surface area contributed by atoms with E-state index in [0.29, 0.717) is 0 Å². The standard InChI is InChI=1S/C8H9NOS/c10-7-3-1-5-9(7)8-4-2-6-11-8/h2,4,6H,1,3,5H2. The minimum Gasteiger partial charge on any atom is -0.304 e. The zero-order chi connectivity index (χ0) is 7.68. The van der Waals surface area contributed by atoms with E-state index in [2.05, 4.69) is 0 Å². The van der Waals surface area contributed by atoms with E-state index in [1.54, 1.807) is 11.3 Å². The zero-order valence-electron chi connectivity index (χ0n) is 6.12. The van der Waals surface area contributed by atoms with Crippen molar-refractivity contribution in [3.05, 3.63) is 17.5 Å². The number of nitrogens with zero attached hydrogens (tertiary/aromatic N) is 1. The fraction of sp³-hybridized carbons (Fsp3) is 0.375. The third kappa shape index (κ3) is 1.16. The second-order valence-corrected chi connectivity index (χ2v) is 3.53. The molecule has 3 heteroatoms. The molecule has 0 spiro atoms. The van der Waals surface area contributed by atoms with Gasteiger partial charge in [-0.1, -0.05) is 0 Å². The summed E-state index contributed by atoms with van der Waals surface area (Å²) >= 11 is 1.63. The van der Waals surface area contributed by atoms with Gasteiger partial charge in [0.15, 0.2) is 0 Å². The summed E-state index contributed by atoms with van der Waals surface area (Å²) in [6.45, 7) is 0.902. The number of carbonyl (C=O) groups excluding carboxylic acids is 1. The first-order valence-corrected chi connectivity index (χ1v) is 4.60. The minimum atomic E-state index is 0.271. The molecular weight excluding hydrogens is 158 g/mol. The average Bonchev–Trinajstić information content (AvgIpc) is 2.55. The van der Waals surface area contributed by atoms with Gasteiger partial charge >= 0.3 is 0 Å². The molecule has 0 unspecified atom stereocenters. The minimum absolute atomic E-state index is 0.271. The van der Waals surface area contributed by atoms with Gasteiger partial charge in [-0.15, -0.1) is 11.3 Å². The van der Waals surface area contributed by atoms with E-state index in [1.165, 1.54) is 0 Å². The fourth-order valence-corrected chi connectivity index (χ4v) is 2.08. The SMILES string of the molecule is O=C1CCCN1c1cccs1. The van der Waals surface area contributed by atoms with Gasteiger partial charge in [-0.25, -0.2) is 0 Å². The van der Waals surface area contributed by atoms with E-state index in [-0.39, 0.29) is 5.91 Å². The Hall–Kier alpha value is -0.830. The molecule has 1 aliphatic rings. The van der Waals surface area contributed by atoms with Crippen molar-refractivity contribution in [1.29, 1.82) is 0 Å². The predicted octanol–water partition coefficient (Wildman–Crippen LogP) is 1.87. The lowest BCUT2D eigenvalue weighted by Gasteiger charge is -2.11. The number of hydrogen-bond acceptors (Lipinski definition) is 2. The van der Waals surface area contributed by atoms with Crippen molar-refractivity contribution in [3.8, 4) is 0 Å². The van der Waals surface area contributed by atoms with Crippen LogP contribution < -0.4 is 4.90 Å². The summed E-state index contributed by atoms with van der Waals surface area (Å²) in [5.74, 6) is 0.271. The van der Waals surface area contributed by atoms with Gasteiger partial charge in [0.05, 0.1) is 5.00 Å². The van der Waals surface area contributed by atoms with Crippen molar-refractivity contribution in [1.82, 2.24) is 0 Å². The topological polar surface area (TPSA) is 20.3 Å². The molecule has 0 atom stereocenters. The quantitative estimate of drug-likeness (QED) is 0.625. The van der Waals surface area contributed by atoms with E-state index in [0.717, 1.165) is 24.4 Å². The number of rotatable bonds is 1. The highest BCUT2D eigenvalue weighted by Crippen LogP contribution is 2.25. The third-order valence-electron chi connectivity index (χ3n) is 1.85. The van der Waals surface area contributed by atoms with E-state index >= 15 is 0 Å². The molecule has 0 aliphatic carbocycles. The van der Waals surface area contributed by atoms with Crippen LogP contribution in [-0.2, 0) is 4.79 Å². The van der Waals surface area contributed by atoms with Crippen LogP contribution in [0.1, 0.15) is 12.8 Å². The summed E-state index contributed by atoms with van der Waals surface area (Å²) in [4.78, 5) is 13.1. The second kappa shape index (κ2) is 2.66. The number of carbonyl (C=O) groups is 1. The van der Waals surface area contributed by atoms with Crippen LogP contribution in [0.25, 0.3) is 0 Å². The van der Waals surface area contributed by atoms with Gasteiger partial charge in [0.25, 0.3) is 0 Å². The average molecular weight is 167 g/mol. The van der Waals surface area contributed by atoms with Gasteiger partial charge in [0.1, 0.15) is 0 Å². The maximum absolute atomic E-state index is 11.2. The van der Waals surface area contributed by atoms with Crippen molar-refractivity contribution >= 4 is 22.2 Å². The molecule has 1 fully saturated rings. The lowest BCUT2D eigenvalue weighted by Crippen LogP contribution is -2.22. The molecule has 2 heterocycles. The smallest absolute Gasteiger partial charge is 0.227 e. The largest absolute Gasteiger partial charge is 0.304 e. The number of amides is 1. The Labute approximate surface area is 69.4 Å². The maximum Gasteiger partial charge on any atom is 0.227 e. The third-order valence-corrected chi connectivity index (χ3v) is 2.74. The van der Waals surface area contributed by atoms with Crippen molar-refractivity contribution in [2.45, 2.75) is 12.8 Å². The van der Waals surface area contributed by atoms with Gasteiger partial charge in [0, 0.05) is 13.0 Å². The first-order chi connectivity index (χ1) is 5.38. The van der Waals surface area contributed by atoms with Crippen LogP contribution in [-0.4, -0.2) is 12.5 Å². The summed E-state index contributed by atoms with van der Waals surface area (Å²) < 4.78 is 0. The maximum atomic E-state index is 11.2. The normalized spacial score (nSPS) is 17.8. The molecule has 0 aromatic carbocycles. The van der Waals surface area contributed by atoms with Crippen LogP contribution in [0, 0.1) is 0 Å². The van der Waals surface area contributed by atoms with Crippen LogP contribution in [0.2, 0.25) is 0 Å². The molecule has 58 valence electrons. The van der Waals surface area contributed by atoms with Crippen LogP contribution in [0.3, 0.4) is 0 Å². The Morgan fingerprint density at radius 2 is 2.45 bits per heavy atom. The van der Waals surface area contributed by atoms with E-state index in [1.807, 2.05) is 22.4 Å². The molecule has 1 aromatic rings. The van der Waals surface area contributed by atoms with Crippen molar-refractivity contribution in [2.75, 3.05) is 11.4 Å². The Balaban J connectivity index is 2.23. The Kier molecular flexibility index (Phi) is 1.66. The molecule has 11 heavy (non-hydrogen) atoms. The molecule has 2 rings (SSSR count). The Bertz CT molecular complexity index is 255. The Morgan fingerprint density at radius 1 is 1.55 bits per heavy atom. The summed E-state index contributed by atoms with van der Waals surface area (Å²) in [6, 6.07) is 3.97. The summed E-state index contributed by atoms with van der Waals surface area (Å²) in [5.41, 5.74) is 0. The van der Waals surface area contributed by atoms with Crippen LogP contribution in [0.15, 0.2) is 17.5 Å². The van der Waals surface area contributed by atoms with Gasteiger partial charge < -0.3 is 4.90 Å². The van der Waals surface area contributed by atoms with Crippen molar-refractivity contribution in [3.63, 3.8) is 0 Å². The Morgan fingerprint density at radius 3 is 3.00 bits per heavy atom. The molecule has 1 aromatic heterocycles. The van der Waals surface area contributed by atoms with E-state index in [9.17, 15) is 4.79 Å². The molecule has 2 nitrogen and oxygen atoms in total. The first-order valence-electron chi connectivity index (χ1n) is 3.72. The predicted molar refractivity (Wildman–Crippen MR) is 45.9 cm³/mol. The highest BCUT2D eigenvalue weighted by molar-refractivity contribution is 7.14. The number of thiophene rings is 1. The summed E-state index contributed by atoms with van der Waals surface area (Å²) in [5, 5.41) is 3.09. The summed E-state index contributed by atoms with van der Waals surface area (Å²) in [7, 11) is 0. The molecule has 1 amide bonds. The van der Waals surface area contributed by atoms with E-state index in [4.69, 9.17) is 0 Å². The van der Waals surface area contributed by atoms with E-state index < -0.39 is 0 Å². The van der Waals surface area contributed by atoms with Crippen molar-refractivity contribution in [2.24, 2.45) is 0 Å². The second-order valence-electron chi connectivity index (χ2n) is 2.60. The number of anilines is 1. The lowest BCUT2D eigenvalue weighted by molar-refractivity contribution is -0.117. The fourth-order valence-electron chi connectivity index (χ4n) is 1.30. The van der Waals surface area contributed by atoms with Gasteiger partial charge in [-0.3, -0.25) is 4.79 Å². The molecule has 0 N–H and O–H groups in total. The molecule has 0 radical (unpaired) electrons. The van der Waals surface area contributed by atoms with Crippen LogP contribution in [0.5, 0.6) is 0 Å². The van der Waals surface area contributed by atoms with Gasteiger partial charge in [-0.2, -0.15) is 0 Å². The van der Waals surface area contributed by atoms with Crippen LogP contribution in [0.4, 0.5) is 5.00 Å². The molecule has 0 bridgehead atoms. The van der Waals surface area contributed by atoms with Gasteiger partial charge in [0.2, 0.25) is 5.91 Å². The van der Waals surface area contributed by atoms with Crippen molar-refractivity contribution < 1.29 is 4.79 Å².